The molecule has 2 aliphatic rings. The zero-order chi connectivity index (χ0) is 18.8. The summed E-state index contributed by atoms with van der Waals surface area (Å²) in [7, 11) is 0. The van der Waals surface area contributed by atoms with Crippen molar-refractivity contribution in [3.63, 3.8) is 0 Å². The molecule has 0 aliphatic carbocycles. The van der Waals surface area contributed by atoms with Crippen LogP contribution in [-0.2, 0) is 28.9 Å². The summed E-state index contributed by atoms with van der Waals surface area (Å²) in [5.74, 6) is 0.129. The highest BCUT2D eigenvalue weighted by Crippen LogP contribution is 2.32. The number of benzene rings is 2. The fraction of sp³-hybridized carbons (Fsp3) is 0.409. The number of ether oxygens (including phenoxy) is 1. The largest absolute Gasteiger partial charge is 0.394 e. The number of Topliss-reactive ketones (excluding diaryl/α,β-unsaturated/α-hetero) is 1. The van der Waals surface area contributed by atoms with Gasteiger partial charge in [0, 0.05) is 24.4 Å². The second kappa shape index (κ2) is 8.11. The third-order valence-corrected chi connectivity index (χ3v) is 5.79. The number of aliphatic hydroxyl groups excluding tert-OH is 1. The molecule has 2 unspecified atom stereocenters. The minimum Gasteiger partial charge on any atom is -0.394 e. The summed E-state index contributed by atoms with van der Waals surface area (Å²) in [4.78, 5) is 12.0. The van der Waals surface area contributed by atoms with Crippen LogP contribution in [0.15, 0.2) is 36.4 Å². The molecular formula is C22H24ClNO3. The normalized spacial score (nSPS) is 22.5. The Labute approximate surface area is 164 Å². The summed E-state index contributed by atoms with van der Waals surface area (Å²) >= 11 is 6.45. The lowest BCUT2D eigenvalue weighted by Crippen LogP contribution is -2.30. The van der Waals surface area contributed by atoms with Gasteiger partial charge in [-0.2, -0.15) is 0 Å². The van der Waals surface area contributed by atoms with Gasteiger partial charge in [0.15, 0.2) is 0 Å². The summed E-state index contributed by atoms with van der Waals surface area (Å²) in [6.07, 6.45) is 1.73. The van der Waals surface area contributed by atoms with E-state index >= 15 is 0 Å². The van der Waals surface area contributed by atoms with Crippen LogP contribution >= 0.6 is 11.6 Å². The van der Waals surface area contributed by atoms with Crippen LogP contribution < -0.4 is 5.32 Å². The minimum atomic E-state index is -0.413. The first-order valence-electron chi connectivity index (χ1n) is 9.50. The smallest absolute Gasteiger partial charge is 0.138 e. The highest BCUT2D eigenvalue weighted by atomic mass is 35.5. The molecule has 0 saturated carbocycles. The van der Waals surface area contributed by atoms with Crippen LogP contribution in [0.5, 0.6) is 0 Å². The molecule has 2 aromatic carbocycles. The van der Waals surface area contributed by atoms with Gasteiger partial charge in [-0.05, 0) is 53.3 Å². The third-order valence-electron chi connectivity index (χ3n) is 5.42. The molecule has 2 heterocycles. The van der Waals surface area contributed by atoms with Crippen LogP contribution in [0.3, 0.4) is 0 Å². The van der Waals surface area contributed by atoms with Crippen molar-refractivity contribution in [2.24, 2.45) is 0 Å². The van der Waals surface area contributed by atoms with E-state index < -0.39 is 6.10 Å². The number of carbonyl (C=O) groups is 1. The number of hydrogen-bond acceptors (Lipinski definition) is 4. The number of nitrogens with one attached hydrogen (secondary N) is 1. The standard InChI is InChI=1S/C22H24ClNO3/c23-21-4-3-16(22-11-19(26)10-20(13-25)27-22)9-17(21)7-14-1-2-15-5-6-24-12-18(15)8-14/h1-4,8-9,20,22,24-25H,5-7,10-13H2. The minimum absolute atomic E-state index is 0.129. The van der Waals surface area contributed by atoms with Crippen LogP contribution in [0.4, 0.5) is 0 Å². The molecule has 2 N–H and O–H groups in total. The van der Waals surface area contributed by atoms with Crippen molar-refractivity contribution in [1.29, 1.82) is 0 Å². The number of carbonyl (C=O) groups excluding carboxylic acids is 1. The van der Waals surface area contributed by atoms with Crippen LogP contribution in [0, 0.1) is 0 Å². The summed E-state index contributed by atoms with van der Waals surface area (Å²) in [5.41, 5.74) is 5.98. The Morgan fingerprint density at radius 3 is 2.89 bits per heavy atom. The van der Waals surface area contributed by atoms with Gasteiger partial charge in [-0.3, -0.25) is 4.79 Å². The average molecular weight is 386 g/mol. The number of aliphatic hydroxyl groups is 1. The van der Waals surface area contributed by atoms with Gasteiger partial charge in [-0.15, -0.1) is 0 Å². The topological polar surface area (TPSA) is 58.6 Å². The molecule has 2 atom stereocenters. The molecule has 0 bridgehead atoms. The second-order valence-corrected chi connectivity index (χ2v) is 7.84. The zero-order valence-corrected chi connectivity index (χ0v) is 16.0. The van der Waals surface area contributed by atoms with Crippen LogP contribution in [0.1, 0.15) is 46.8 Å². The maximum absolute atomic E-state index is 12.0. The van der Waals surface area contributed by atoms with Crippen molar-refractivity contribution in [2.45, 2.75) is 44.4 Å². The second-order valence-electron chi connectivity index (χ2n) is 7.43. The van der Waals surface area contributed by atoms with Gasteiger partial charge in [0.1, 0.15) is 5.78 Å². The van der Waals surface area contributed by atoms with E-state index in [1.807, 2.05) is 18.2 Å². The Bertz CT molecular complexity index is 851. The molecule has 5 heteroatoms. The Hall–Kier alpha value is -1.72. The van der Waals surface area contributed by atoms with E-state index in [2.05, 4.69) is 23.5 Å². The van der Waals surface area contributed by atoms with Crippen LogP contribution in [-0.4, -0.2) is 30.1 Å². The van der Waals surface area contributed by atoms with Crippen molar-refractivity contribution in [2.75, 3.05) is 13.2 Å². The van der Waals surface area contributed by atoms with E-state index in [1.165, 1.54) is 16.7 Å². The van der Waals surface area contributed by atoms with E-state index in [9.17, 15) is 9.90 Å². The lowest BCUT2D eigenvalue weighted by Gasteiger charge is -2.28. The third kappa shape index (κ3) is 4.25. The summed E-state index contributed by atoms with van der Waals surface area (Å²) in [6.45, 7) is 1.82. The SMILES string of the molecule is O=C1CC(CO)OC(c2ccc(Cl)c(Cc3ccc4c(c3)CNCC4)c2)C1. The Balaban J connectivity index is 1.56. The first-order valence-corrected chi connectivity index (χ1v) is 9.88. The maximum Gasteiger partial charge on any atom is 0.138 e. The highest BCUT2D eigenvalue weighted by Gasteiger charge is 2.28. The van der Waals surface area contributed by atoms with Crippen molar-refractivity contribution >= 4 is 17.4 Å². The van der Waals surface area contributed by atoms with E-state index in [4.69, 9.17) is 16.3 Å². The van der Waals surface area contributed by atoms with Crippen molar-refractivity contribution < 1.29 is 14.6 Å². The van der Waals surface area contributed by atoms with E-state index in [0.29, 0.717) is 6.42 Å². The molecule has 0 radical (unpaired) electrons. The van der Waals surface area contributed by atoms with Gasteiger partial charge < -0.3 is 15.2 Å². The number of rotatable bonds is 4. The maximum atomic E-state index is 12.0. The molecule has 0 aromatic heterocycles. The van der Waals surface area contributed by atoms with Crippen LogP contribution in [0.25, 0.3) is 0 Å². The molecule has 142 valence electrons. The molecule has 1 saturated heterocycles. The monoisotopic (exact) mass is 385 g/mol. The molecule has 2 aromatic rings. The van der Waals surface area contributed by atoms with E-state index in [-0.39, 0.29) is 24.9 Å². The first-order chi connectivity index (χ1) is 13.1. The predicted octanol–water partition coefficient (Wildman–Crippen LogP) is 3.36. The molecule has 27 heavy (non-hydrogen) atoms. The van der Waals surface area contributed by atoms with Gasteiger partial charge in [0.05, 0.1) is 18.8 Å². The van der Waals surface area contributed by atoms with E-state index in [0.717, 1.165) is 42.1 Å². The molecule has 2 aliphatic heterocycles. The summed E-state index contributed by atoms with van der Waals surface area (Å²) in [5, 5.41) is 13.5. The Morgan fingerprint density at radius 2 is 2.04 bits per heavy atom. The van der Waals surface area contributed by atoms with Crippen molar-refractivity contribution in [3.05, 3.63) is 69.2 Å². The summed E-state index contributed by atoms with van der Waals surface area (Å²) < 4.78 is 5.89. The van der Waals surface area contributed by atoms with Gasteiger partial charge in [0.25, 0.3) is 0 Å². The van der Waals surface area contributed by atoms with Gasteiger partial charge in [-0.25, -0.2) is 0 Å². The fourth-order valence-electron chi connectivity index (χ4n) is 3.97. The Morgan fingerprint density at radius 1 is 1.15 bits per heavy atom. The summed E-state index contributed by atoms with van der Waals surface area (Å²) in [6, 6.07) is 12.5. The average Bonchev–Trinajstić information content (AvgIpc) is 2.69. The molecule has 0 amide bonds. The van der Waals surface area contributed by atoms with Crippen LogP contribution in [0.2, 0.25) is 5.02 Å². The highest BCUT2D eigenvalue weighted by molar-refractivity contribution is 6.31. The lowest BCUT2D eigenvalue weighted by atomic mass is 9.93. The quantitative estimate of drug-likeness (QED) is 0.847. The van der Waals surface area contributed by atoms with Crippen molar-refractivity contribution in [3.8, 4) is 0 Å². The molecule has 0 spiro atoms. The van der Waals surface area contributed by atoms with Gasteiger partial charge in [-0.1, -0.05) is 41.9 Å². The van der Waals surface area contributed by atoms with Gasteiger partial charge in [0.2, 0.25) is 0 Å². The number of fused-ring (bicyclic) bond motifs is 1. The number of hydrogen-bond donors (Lipinski definition) is 2. The molecular weight excluding hydrogens is 362 g/mol. The zero-order valence-electron chi connectivity index (χ0n) is 15.2. The predicted molar refractivity (Wildman–Crippen MR) is 105 cm³/mol. The molecule has 1 fully saturated rings. The number of halogens is 1. The molecule has 4 nitrogen and oxygen atoms in total. The number of ketones is 1. The first kappa shape index (κ1) is 18.6. The van der Waals surface area contributed by atoms with Gasteiger partial charge >= 0.3 is 0 Å². The van der Waals surface area contributed by atoms with E-state index in [1.54, 1.807) is 0 Å². The fourth-order valence-corrected chi connectivity index (χ4v) is 4.16. The lowest BCUT2D eigenvalue weighted by molar-refractivity contribution is -0.139. The Kier molecular flexibility index (Phi) is 5.60. The molecule has 4 rings (SSSR count). The van der Waals surface area contributed by atoms with Crippen molar-refractivity contribution in [1.82, 2.24) is 5.32 Å².